The van der Waals surface area contributed by atoms with Gasteiger partial charge < -0.3 is 16.0 Å². The summed E-state index contributed by atoms with van der Waals surface area (Å²) in [7, 11) is -3.68. The molecule has 0 aliphatic rings. The van der Waals surface area contributed by atoms with Gasteiger partial charge in [0.1, 0.15) is 5.84 Å². The highest BCUT2D eigenvalue weighted by molar-refractivity contribution is 7.92. The number of nitrogens with one attached hydrogen (secondary N) is 3. The summed E-state index contributed by atoms with van der Waals surface area (Å²) in [5.74, 6) is -0.153. The van der Waals surface area contributed by atoms with E-state index in [9.17, 15) is 13.2 Å². The van der Waals surface area contributed by atoms with E-state index in [1.807, 2.05) is 6.92 Å². The minimum Gasteiger partial charge on any atom is -0.384 e. The van der Waals surface area contributed by atoms with E-state index in [1.165, 1.54) is 12.1 Å². The Hall–Kier alpha value is -3.85. The molecule has 0 fully saturated rings. The van der Waals surface area contributed by atoms with E-state index < -0.39 is 10.0 Å². The first-order valence-corrected chi connectivity index (χ1v) is 11.4. The second-order valence-corrected chi connectivity index (χ2v) is 8.63. The molecule has 0 radical (unpaired) electrons. The summed E-state index contributed by atoms with van der Waals surface area (Å²) >= 11 is 0. The van der Waals surface area contributed by atoms with Gasteiger partial charge in [0, 0.05) is 29.2 Å². The van der Waals surface area contributed by atoms with Crippen molar-refractivity contribution in [1.82, 2.24) is 0 Å². The van der Waals surface area contributed by atoms with Crippen LogP contribution in [0.5, 0.6) is 0 Å². The molecule has 0 spiro atoms. The molecule has 3 rings (SSSR count). The molecule has 0 saturated heterocycles. The van der Waals surface area contributed by atoms with Crippen LogP contribution < -0.4 is 20.7 Å². The third-order valence-corrected chi connectivity index (χ3v) is 6.14. The Kier molecular flexibility index (Phi) is 7.11. The molecule has 8 nitrogen and oxygen atoms in total. The zero-order valence-corrected chi connectivity index (χ0v) is 18.4. The molecule has 0 unspecified atom stereocenters. The topological polar surface area (TPSA) is 128 Å². The molecule has 1 amide bonds. The maximum atomic E-state index is 12.7. The molecule has 0 heterocycles. The predicted molar refractivity (Wildman–Crippen MR) is 128 cm³/mol. The minimum absolute atomic E-state index is 0.0145. The fourth-order valence-electron chi connectivity index (χ4n) is 3.07. The maximum absolute atomic E-state index is 12.7. The molecule has 32 heavy (non-hydrogen) atoms. The van der Waals surface area contributed by atoms with E-state index >= 15 is 0 Å². The molecule has 0 aromatic heterocycles. The number of sulfonamides is 1. The normalized spacial score (nSPS) is 10.9. The monoisotopic (exact) mass is 451 g/mol. The first-order chi connectivity index (χ1) is 15.3. The zero-order chi connectivity index (χ0) is 23.1. The van der Waals surface area contributed by atoms with Crippen LogP contribution in [0.4, 0.5) is 17.1 Å². The Balaban J connectivity index is 1.64. The zero-order valence-electron chi connectivity index (χ0n) is 17.6. The summed E-state index contributed by atoms with van der Waals surface area (Å²) in [4.78, 5) is 14.5. The highest BCUT2D eigenvalue weighted by Crippen LogP contribution is 2.21. The molecule has 0 aliphatic heterocycles. The first kappa shape index (κ1) is 22.8. The van der Waals surface area contributed by atoms with E-state index in [1.54, 1.807) is 71.6 Å². The van der Waals surface area contributed by atoms with E-state index in [0.717, 1.165) is 5.69 Å². The van der Waals surface area contributed by atoms with E-state index in [2.05, 4.69) is 10.0 Å². The van der Waals surface area contributed by atoms with Crippen LogP contribution >= 0.6 is 0 Å². The van der Waals surface area contributed by atoms with Gasteiger partial charge in [0.15, 0.2) is 0 Å². The van der Waals surface area contributed by atoms with Crippen LogP contribution in [0.25, 0.3) is 0 Å². The van der Waals surface area contributed by atoms with Gasteiger partial charge >= 0.3 is 0 Å². The molecule has 0 bridgehead atoms. The van der Waals surface area contributed by atoms with E-state index in [0.29, 0.717) is 23.5 Å². The fraction of sp³-hybridized carbons (Fsp3) is 0.130. The lowest BCUT2D eigenvalue weighted by Crippen LogP contribution is -2.35. The van der Waals surface area contributed by atoms with Crippen molar-refractivity contribution in [1.29, 1.82) is 5.41 Å². The number of carbonyl (C=O) groups excluding carboxylic acids is 1. The molecule has 0 saturated carbocycles. The molecular weight excluding hydrogens is 426 g/mol. The number of nitrogens with two attached hydrogens (primary N) is 1. The lowest BCUT2D eigenvalue weighted by Gasteiger charge is -2.22. The number of hydrogen-bond donors (Lipinski definition) is 4. The summed E-state index contributed by atoms with van der Waals surface area (Å²) in [6.07, 6.45) is 0. The summed E-state index contributed by atoms with van der Waals surface area (Å²) < 4.78 is 27.5. The van der Waals surface area contributed by atoms with E-state index in [-0.39, 0.29) is 23.2 Å². The van der Waals surface area contributed by atoms with Crippen molar-refractivity contribution in [2.75, 3.05) is 28.0 Å². The molecule has 166 valence electrons. The van der Waals surface area contributed by atoms with Crippen LogP contribution in [-0.2, 0) is 14.8 Å². The Labute approximate surface area is 187 Å². The van der Waals surface area contributed by atoms with Crippen LogP contribution in [0, 0.1) is 5.41 Å². The molecule has 0 aliphatic carbocycles. The Bertz CT molecular complexity index is 1180. The first-order valence-electron chi connectivity index (χ1n) is 9.97. The average molecular weight is 452 g/mol. The lowest BCUT2D eigenvalue weighted by molar-refractivity contribution is -0.116. The summed E-state index contributed by atoms with van der Waals surface area (Å²) in [5, 5.41) is 10.5. The Morgan fingerprint density at radius 3 is 2.09 bits per heavy atom. The van der Waals surface area contributed by atoms with Crippen molar-refractivity contribution >= 4 is 38.8 Å². The van der Waals surface area contributed by atoms with Gasteiger partial charge in [-0.3, -0.25) is 14.9 Å². The number of amides is 1. The number of hydrogen-bond acceptors (Lipinski definition) is 5. The van der Waals surface area contributed by atoms with Gasteiger partial charge in [0.25, 0.3) is 10.0 Å². The van der Waals surface area contributed by atoms with Crippen LogP contribution in [0.15, 0.2) is 83.8 Å². The van der Waals surface area contributed by atoms with Crippen molar-refractivity contribution in [3.05, 3.63) is 84.4 Å². The predicted octanol–water partition coefficient (Wildman–Crippen LogP) is 3.24. The van der Waals surface area contributed by atoms with Gasteiger partial charge in [0.05, 0.1) is 11.4 Å². The number of nitrogen functional groups attached to an aromatic ring is 1. The van der Waals surface area contributed by atoms with Crippen molar-refractivity contribution in [3.63, 3.8) is 0 Å². The third-order valence-electron chi connectivity index (χ3n) is 4.74. The standard InChI is InChI=1S/C23H25N5O3S/c1-2-28(22(29)16-26-18-10-8-17(9-11-18)23(24)25)20-14-12-19(13-15-20)27-32(30,31)21-6-4-3-5-7-21/h3-15,26-27H,2,16H2,1H3,(H3,24,25). The maximum Gasteiger partial charge on any atom is 0.261 e. The van der Waals surface area contributed by atoms with Crippen LogP contribution in [0.2, 0.25) is 0 Å². The van der Waals surface area contributed by atoms with Gasteiger partial charge in [-0.25, -0.2) is 8.42 Å². The smallest absolute Gasteiger partial charge is 0.261 e. The minimum atomic E-state index is -3.68. The number of carbonyl (C=O) groups is 1. The Morgan fingerprint density at radius 2 is 1.53 bits per heavy atom. The van der Waals surface area contributed by atoms with E-state index in [4.69, 9.17) is 11.1 Å². The molecule has 3 aromatic carbocycles. The van der Waals surface area contributed by atoms with Crippen LogP contribution in [-0.4, -0.2) is 33.3 Å². The number of anilines is 3. The second kappa shape index (κ2) is 9.97. The largest absolute Gasteiger partial charge is 0.384 e. The molecule has 5 N–H and O–H groups in total. The molecule has 0 atom stereocenters. The van der Waals surface area contributed by atoms with Crippen molar-refractivity contribution in [2.24, 2.45) is 5.73 Å². The summed E-state index contributed by atoms with van der Waals surface area (Å²) in [6, 6.07) is 21.7. The quantitative estimate of drug-likeness (QED) is 0.293. The van der Waals surface area contributed by atoms with Gasteiger partial charge in [-0.1, -0.05) is 18.2 Å². The molecule has 9 heteroatoms. The lowest BCUT2D eigenvalue weighted by atomic mass is 10.2. The molecular formula is C23H25N5O3S. The number of rotatable bonds is 9. The summed E-state index contributed by atoms with van der Waals surface area (Å²) in [5.41, 5.74) is 7.87. The van der Waals surface area contributed by atoms with Crippen molar-refractivity contribution in [3.8, 4) is 0 Å². The van der Waals surface area contributed by atoms with Gasteiger partial charge in [-0.2, -0.15) is 0 Å². The fourth-order valence-corrected chi connectivity index (χ4v) is 4.15. The van der Waals surface area contributed by atoms with Gasteiger partial charge in [0.2, 0.25) is 5.91 Å². The number of nitrogens with zero attached hydrogens (tertiary/aromatic N) is 1. The SMILES string of the molecule is CCN(C(=O)CNc1ccc(C(=N)N)cc1)c1ccc(NS(=O)(=O)c2ccccc2)cc1. The van der Waals surface area contributed by atoms with Gasteiger partial charge in [-0.15, -0.1) is 0 Å². The number of benzene rings is 3. The summed E-state index contributed by atoms with van der Waals surface area (Å²) in [6.45, 7) is 2.40. The Morgan fingerprint density at radius 1 is 0.938 bits per heavy atom. The van der Waals surface area contributed by atoms with Crippen LogP contribution in [0.1, 0.15) is 12.5 Å². The van der Waals surface area contributed by atoms with Crippen molar-refractivity contribution in [2.45, 2.75) is 11.8 Å². The second-order valence-electron chi connectivity index (χ2n) is 6.95. The van der Waals surface area contributed by atoms with Gasteiger partial charge in [-0.05, 0) is 67.6 Å². The average Bonchev–Trinajstić information content (AvgIpc) is 2.80. The highest BCUT2D eigenvalue weighted by atomic mass is 32.2. The molecule has 3 aromatic rings. The number of likely N-dealkylation sites (N-methyl/N-ethyl adjacent to an activating group) is 1. The van der Waals surface area contributed by atoms with Crippen LogP contribution in [0.3, 0.4) is 0 Å². The highest BCUT2D eigenvalue weighted by Gasteiger charge is 2.16. The number of amidine groups is 1. The third kappa shape index (κ3) is 5.64. The van der Waals surface area contributed by atoms with Crippen molar-refractivity contribution < 1.29 is 13.2 Å².